The molecular weight excluding hydrogens is 190 g/mol. The average molecular weight is 201 g/mol. The number of methoxy groups -OCH3 is 2. The normalized spacial score (nSPS) is 9.07. The summed E-state index contributed by atoms with van der Waals surface area (Å²) >= 11 is 0. The number of carbonyl (C=O) groups is 2. The lowest BCUT2D eigenvalue weighted by Gasteiger charge is -2.10. The zero-order valence-electron chi connectivity index (χ0n) is 7.97. The Morgan fingerprint density at radius 2 is 1.86 bits per heavy atom. The fourth-order valence-electron chi connectivity index (χ4n) is 0.848. The molecule has 0 aliphatic heterocycles. The third kappa shape index (κ3) is 3.77. The van der Waals surface area contributed by atoms with Crippen LogP contribution in [-0.2, 0) is 19.1 Å². The van der Waals surface area contributed by atoms with Crippen LogP contribution in [0.4, 0.5) is 0 Å². The van der Waals surface area contributed by atoms with E-state index >= 15 is 0 Å². The van der Waals surface area contributed by atoms with Crippen molar-refractivity contribution in [1.29, 1.82) is 0 Å². The van der Waals surface area contributed by atoms with Crippen LogP contribution >= 0.6 is 0 Å². The minimum atomic E-state index is -1.02. The molecule has 0 bridgehead atoms. The Balaban J connectivity index is 4.31. The number of hydrogen-bond donors (Lipinski definition) is 0. The predicted octanol–water partition coefficient (Wildman–Crippen LogP) is 0.649. The van der Waals surface area contributed by atoms with Crippen LogP contribution in [0.1, 0.15) is 6.42 Å². The highest BCUT2D eigenvalue weighted by atomic mass is 16.5. The van der Waals surface area contributed by atoms with Crippen LogP contribution in [0.3, 0.4) is 0 Å². The van der Waals surface area contributed by atoms with Crippen LogP contribution in [0.15, 0.2) is 5.11 Å². The van der Waals surface area contributed by atoms with Crippen molar-refractivity contribution in [2.24, 2.45) is 11.0 Å². The summed E-state index contributed by atoms with van der Waals surface area (Å²) in [7, 11) is 2.34. The van der Waals surface area contributed by atoms with Gasteiger partial charge < -0.3 is 9.47 Å². The Morgan fingerprint density at radius 1 is 1.36 bits per heavy atom. The highest BCUT2D eigenvalue weighted by Crippen LogP contribution is 2.08. The molecule has 0 spiro atoms. The molecule has 0 aromatic carbocycles. The predicted molar refractivity (Wildman–Crippen MR) is 46.2 cm³/mol. The number of carbonyl (C=O) groups excluding carboxylic acids is 2. The quantitative estimate of drug-likeness (QED) is 0.214. The summed E-state index contributed by atoms with van der Waals surface area (Å²) in [6, 6.07) is 0. The van der Waals surface area contributed by atoms with E-state index in [9.17, 15) is 9.59 Å². The van der Waals surface area contributed by atoms with E-state index in [1.54, 1.807) is 0 Å². The molecule has 78 valence electrons. The van der Waals surface area contributed by atoms with Gasteiger partial charge >= 0.3 is 11.9 Å². The Kier molecular flexibility index (Phi) is 5.89. The van der Waals surface area contributed by atoms with E-state index < -0.39 is 17.9 Å². The smallest absolute Gasteiger partial charge is 0.320 e. The summed E-state index contributed by atoms with van der Waals surface area (Å²) in [5.74, 6) is -2.40. The largest absolute Gasteiger partial charge is 0.468 e. The second kappa shape index (κ2) is 6.73. The molecule has 14 heavy (non-hydrogen) atoms. The van der Waals surface area contributed by atoms with E-state index in [-0.39, 0.29) is 13.0 Å². The van der Waals surface area contributed by atoms with Crippen LogP contribution in [0.2, 0.25) is 0 Å². The molecule has 0 fully saturated rings. The third-order valence-electron chi connectivity index (χ3n) is 1.55. The van der Waals surface area contributed by atoms with E-state index in [1.165, 1.54) is 14.2 Å². The lowest BCUT2D eigenvalue weighted by atomic mass is 10.1. The Morgan fingerprint density at radius 3 is 2.21 bits per heavy atom. The van der Waals surface area contributed by atoms with E-state index in [4.69, 9.17) is 5.53 Å². The first-order chi connectivity index (χ1) is 6.67. The fraction of sp³-hybridized carbons (Fsp3) is 0.714. The number of esters is 2. The number of nitrogens with zero attached hydrogens (tertiary/aromatic N) is 3. The Bertz CT molecular complexity index is 244. The van der Waals surface area contributed by atoms with Gasteiger partial charge in [0, 0.05) is 11.5 Å². The second-order valence-electron chi connectivity index (χ2n) is 2.34. The van der Waals surface area contributed by atoms with Gasteiger partial charge in [0.2, 0.25) is 0 Å². The summed E-state index contributed by atoms with van der Waals surface area (Å²) in [4.78, 5) is 24.6. The molecule has 0 aromatic heterocycles. The standard InChI is InChI=1S/C7H11N3O4/c1-13-6(11)5(7(12)14-2)3-4-9-10-8/h5H,3-4H2,1-2H3. The van der Waals surface area contributed by atoms with Gasteiger partial charge in [0.15, 0.2) is 5.92 Å². The molecule has 0 aromatic rings. The van der Waals surface area contributed by atoms with Gasteiger partial charge in [-0.15, -0.1) is 0 Å². The number of ether oxygens (including phenoxy) is 2. The second-order valence-corrected chi connectivity index (χ2v) is 2.34. The summed E-state index contributed by atoms with van der Waals surface area (Å²) in [5, 5.41) is 3.21. The van der Waals surface area contributed by atoms with Gasteiger partial charge in [-0.05, 0) is 12.0 Å². The number of azide groups is 1. The lowest BCUT2D eigenvalue weighted by molar-refractivity contribution is -0.158. The highest BCUT2D eigenvalue weighted by molar-refractivity contribution is 5.94. The molecular formula is C7H11N3O4. The molecule has 0 rings (SSSR count). The van der Waals surface area contributed by atoms with Crippen LogP contribution in [-0.4, -0.2) is 32.7 Å². The van der Waals surface area contributed by atoms with Gasteiger partial charge in [-0.2, -0.15) is 0 Å². The highest BCUT2D eigenvalue weighted by Gasteiger charge is 2.27. The van der Waals surface area contributed by atoms with Gasteiger partial charge in [0.1, 0.15) is 0 Å². The molecule has 0 amide bonds. The van der Waals surface area contributed by atoms with E-state index in [0.29, 0.717) is 0 Å². The zero-order chi connectivity index (χ0) is 11.0. The van der Waals surface area contributed by atoms with Crippen molar-refractivity contribution in [3.05, 3.63) is 10.4 Å². The van der Waals surface area contributed by atoms with Crippen molar-refractivity contribution in [3.8, 4) is 0 Å². The van der Waals surface area contributed by atoms with Crippen LogP contribution in [0.5, 0.6) is 0 Å². The van der Waals surface area contributed by atoms with Gasteiger partial charge in [-0.1, -0.05) is 5.11 Å². The van der Waals surface area contributed by atoms with Crippen molar-refractivity contribution in [2.45, 2.75) is 6.42 Å². The van der Waals surface area contributed by atoms with Crippen LogP contribution < -0.4 is 0 Å². The fourth-order valence-corrected chi connectivity index (χ4v) is 0.848. The molecule has 0 aliphatic rings. The maximum atomic E-state index is 11.0. The average Bonchev–Trinajstić information content (AvgIpc) is 2.22. The van der Waals surface area contributed by atoms with Crippen LogP contribution in [0, 0.1) is 5.92 Å². The maximum Gasteiger partial charge on any atom is 0.320 e. The topological polar surface area (TPSA) is 101 Å². The first-order valence-electron chi connectivity index (χ1n) is 3.83. The van der Waals surface area contributed by atoms with Crippen molar-refractivity contribution in [2.75, 3.05) is 20.8 Å². The zero-order valence-corrected chi connectivity index (χ0v) is 7.97. The van der Waals surface area contributed by atoms with Crippen molar-refractivity contribution in [3.63, 3.8) is 0 Å². The molecule has 0 N–H and O–H groups in total. The minimum absolute atomic E-state index is 0.0470. The molecule has 0 aliphatic carbocycles. The lowest BCUT2D eigenvalue weighted by Crippen LogP contribution is -2.27. The molecule has 0 heterocycles. The summed E-state index contributed by atoms with van der Waals surface area (Å²) in [6.07, 6.45) is 0.0867. The Hall–Kier alpha value is -1.75. The first kappa shape index (κ1) is 12.2. The number of rotatable bonds is 5. The summed E-state index contributed by atoms with van der Waals surface area (Å²) in [6.45, 7) is 0.0470. The van der Waals surface area contributed by atoms with Crippen LogP contribution in [0.25, 0.3) is 10.4 Å². The van der Waals surface area contributed by atoms with E-state index in [2.05, 4.69) is 19.5 Å². The molecule has 0 atom stereocenters. The molecule has 7 nitrogen and oxygen atoms in total. The Labute approximate surface area is 80.6 Å². The molecule has 0 saturated heterocycles. The minimum Gasteiger partial charge on any atom is -0.468 e. The van der Waals surface area contributed by atoms with Gasteiger partial charge in [0.05, 0.1) is 14.2 Å². The monoisotopic (exact) mass is 201 g/mol. The molecule has 0 radical (unpaired) electrons. The van der Waals surface area contributed by atoms with E-state index in [1.807, 2.05) is 0 Å². The first-order valence-corrected chi connectivity index (χ1v) is 3.83. The van der Waals surface area contributed by atoms with E-state index in [0.717, 1.165) is 0 Å². The number of hydrogen-bond acceptors (Lipinski definition) is 5. The van der Waals surface area contributed by atoms with Gasteiger partial charge in [-0.25, -0.2) is 0 Å². The van der Waals surface area contributed by atoms with Crippen molar-refractivity contribution >= 4 is 11.9 Å². The molecule has 0 unspecified atom stereocenters. The maximum absolute atomic E-state index is 11.0. The van der Waals surface area contributed by atoms with Crippen molar-refractivity contribution < 1.29 is 19.1 Å². The summed E-state index contributed by atoms with van der Waals surface area (Å²) < 4.78 is 8.78. The van der Waals surface area contributed by atoms with Gasteiger partial charge in [0.25, 0.3) is 0 Å². The molecule has 7 heteroatoms. The SMILES string of the molecule is COC(=O)C(CCN=[N+]=[N-])C(=O)OC. The van der Waals surface area contributed by atoms with Crippen molar-refractivity contribution in [1.82, 2.24) is 0 Å². The van der Waals surface area contributed by atoms with Gasteiger partial charge in [-0.3, -0.25) is 9.59 Å². The third-order valence-corrected chi connectivity index (χ3v) is 1.55. The summed E-state index contributed by atoms with van der Waals surface area (Å²) in [5.41, 5.74) is 8.00. The molecule has 0 saturated carbocycles.